The molecular formula is C26H24F3N5O3. The molecule has 1 fully saturated rings. The van der Waals surface area contributed by atoms with E-state index in [1.165, 1.54) is 0 Å². The Bertz CT molecular complexity index is 1420. The highest BCUT2D eigenvalue weighted by Gasteiger charge is 2.39. The van der Waals surface area contributed by atoms with Gasteiger partial charge < -0.3 is 19.8 Å². The molecule has 2 aromatic heterocycles. The smallest absolute Gasteiger partial charge is 0.425 e. The minimum Gasteiger partial charge on any atom is -0.437 e. The molecule has 0 aliphatic heterocycles. The summed E-state index contributed by atoms with van der Waals surface area (Å²) >= 11 is 0. The van der Waals surface area contributed by atoms with E-state index in [0.29, 0.717) is 17.1 Å². The first-order valence-corrected chi connectivity index (χ1v) is 11.7. The number of nitrogens with two attached hydrogens (primary N) is 1. The number of hydrogen-bond donors (Lipinski definition) is 2. The number of aromatic nitrogens is 3. The molecule has 1 saturated carbocycles. The Morgan fingerprint density at radius 2 is 1.84 bits per heavy atom. The normalized spacial score (nSPS) is 14.7. The van der Waals surface area contributed by atoms with Gasteiger partial charge in [-0.3, -0.25) is 5.32 Å². The molecule has 0 saturated heterocycles. The van der Waals surface area contributed by atoms with E-state index in [9.17, 15) is 18.0 Å². The molecular weight excluding hydrogens is 487 g/mol. The van der Waals surface area contributed by atoms with Crippen molar-refractivity contribution in [2.24, 2.45) is 0 Å². The largest absolute Gasteiger partial charge is 0.437 e. The third-order valence-corrected chi connectivity index (χ3v) is 6.36. The van der Waals surface area contributed by atoms with Crippen molar-refractivity contribution in [1.82, 2.24) is 14.5 Å². The van der Waals surface area contributed by atoms with Gasteiger partial charge >= 0.3 is 18.3 Å². The number of rotatable bonds is 6. The van der Waals surface area contributed by atoms with Crippen LogP contribution in [0.3, 0.4) is 0 Å². The molecule has 0 bridgehead atoms. The van der Waals surface area contributed by atoms with E-state index in [1.807, 2.05) is 18.2 Å². The summed E-state index contributed by atoms with van der Waals surface area (Å²) in [5.41, 5.74) is 10.1. The Morgan fingerprint density at radius 3 is 2.46 bits per heavy atom. The van der Waals surface area contributed by atoms with Crippen LogP contribution in [0, 0.1) is 0 Å². The van der Waals surface area contributed by atoms with Crippen molar-refractivity contribution >= 4 is 28.4 Å². The lowest BCUT2D eigenvalue weighted by Crippen LogP contribution is -2.32. The summed E-state index contributed by atoms with van der Waals surface area (Å²) < 4.78 is 50.4. The molecule has 1 amide bonds. The fourth-order valence-electron chi connectivity index (χ4n) is 4.23. The van der Waals surface area contributed by atoms with E-state index >= 15 is 0 Å². The van der Waals surface area contributed by atoms with Crippen LogP contribution in [-0.2, 0) is 4.74 Å². The number of nitrogens with one attached hydrogen (secondary N) is 1. The number of halogens is 3. The van der Waals surface area contributed by atoms with Crippen LogP contribution < -0.4 is 15.8 Å². The number of amides is 1. The van der Waals surface area contributed by atoms with Gasteiger partial charge in [0, 0.05) is 41.1 Å². The minimum absolute atomic E-state index is 0.239. The Morgan fingerprint density at radius 1 is 1.14 bits per heavy atom. The fourth-order valence-corrected chi connectivity index (χ4v) is 4.23. The molecule has 37 heavy (non-hydrogen) atoms. The van der Waals surface area contributed by atoms with Crippen LogP contribution in [0.1, 0.15) is 32.2 Å². The molecule has 1 aliphatic rings. The summed E-state index contributed by atoms with van der Waals surface area (Å²) in [4.78, 5) is 20.1. The van der Waals surface area contributed by atoms with Crippen LogP contribution in [0.2, 0.25) is 0 Å². The lowest BCUT2D eigenvalue weighted by Gasteiger charge is -2.30. The van der Waals surface area contributed by atoms with Gasteiger partial charge in [-0.2, -0.15) is 13.2 Å². The third-order valence-electron chi connectivity index (χ3n) is 6.36. The van der Waals surface area contributed by atoms with Gasteiger partial charge in [-0.05, 0) is 56.5 Å². The molecule has 3 N–H and O–H groups in total. The van der Waals surface area contributed by atoms with Gasteiger partial charge in [-0.1, -0.05) is 12.1 Å². The number of anilines is 2. The molecule has 4 aromatic rings. The first kappa shape index (κ1) is 24.4. The van der Waals surface area contributed by atoms with Gasteiger partial charge in [0.15, 0.2) is 6.10 Å². The standard InChI is InChI=1S/C26H24F3N5O3/c1-15(26(27,28)29)36-25(35)33-17-8-6-16(7-9-17)23-22(30)20-11-10-19(37-24-31-12-3-13-32-24)14-21(20)34(23)18-4-2-5-18/h3,6-15,18H,2,4-5,30H2,1H3,(H,33,35). The molecule has 8 nitrogen and oxygen atoms in total. The molecule has 1 unspecified atom stereocenters. The van der Waals surface area contributed by atoms with Gasteiger partial charge in [0.05, 0.1) is 16.9 Å². The predicted octanol–water partition coefficient (Wildman–Crippen LogP) is 6.70. The van der Waals surface area contributed by atoms with Crippen LogP contribution in [0.5, 0.6) is 11.8 Å². The SMILES string of the molecule is CC(OC(=O)Nc1ccc(-c2c(N)c3ccc(Oc4ncccn4)cc3n2C2CCC2)cc1)C(F)(F)F. The zero-order chi connectivity index (χ0) is 26.2. The lowest BCUT2D eigenvalue weighted by molar-refractivity contribution is -0.196. The maximum Gasteiger partial charge on any atom is 0.425 e. The average Bonchev–Trinajstić information content (AvgIpc) is 3.10. The van der Waals surface area contributed by atoms with E-state index in [4.69, 9.17) is 10.5 Å². The van der Waals surface area contributed by atoms with Crippen molar-refractivity contribution in [3.8, 4) is 23.0 Å². The molecule has 11 heteroatoms. The number of fused-ring (bicyclic) bond motifs is 1. The van der Waals surface area contributed by atoms with Gasteiger partial charge in [0.25, 0.3) is 0 Å². The van der Waals surface area contributed by atoms with E-state index in [1.54, 1.807) is 42.7 Å². The van der Waals surface area contributed by atoms with Crippen molar-refractivity contribution in [2.75, 3.05) is 11.1 Å². The summed E-state index contributed by atoms with van der Waals surface area (Å²) in [5, 5.41) is 3.20. The number of carbonyl (C=O) groups excluding carboxylic acids is 1. The summed E-state index contributed by atoms with van der Waals surface area (Å²) in [6.07, 6.45) is -1.71. The van der Waals surface area contributed by atoms with E-state index in [-0.39, 0.29) is 12.1 Å². The van der Waals surface area contributed by atoms with Gasteiger partial charge in [0.2, 0.25) is 0 Å². The highest BCUT2D eigenvalue weighted by Crippen LogP contribution is 2.45. The molecule has 192 valence electrons. The zero-order valence-electron chi connectivity index (χ0n) is 19.8. The maximum atomic E-state index is 12.7. The number of alkyl halides is 3. The first-order valence-electron chi connectivity index (χ1n) is 11.7. The molecule has 2 heterocycles. The van der Waals surface area contributed by atoms with Crippen LogP contribution in [0.25, 0.3) is 22.2 Å². The van der Waals surface area contributed by atoms with E-state index in [0.717, 1.165) is 48.3 Å². The quantitative estimate of drug-likeness (QED) is 0.299. The number of nitrogens with zero attached hydrogens (tertiary/aromatic N) is 3. The van der Waals surface area contributed by atoms with Crippen LogP contribution >= 0.6 is 0 Å². The highest BCUT2D eigenvalue weighted by molar-refractivity contribution is 6.01. The van der Waals surface area contributed by atoms with E-state index in [2.05, 4.69) is 24.6 Å². The monoisotopic (exact) mass is 511 g/mol. The second-order valence-corrected chi connectivity index (χ2v) is 8.82. The number of ether oxygens (including phenoxy) is 2. The molecule has 1 atom stereocenters. The average molecular weight is 512 g/mol. The number of hydrogen-bond acceptors (Lipinski definition) is 6. The van der Waals surface area contributed by atoms with Crippen molar-refractivity contribution < 1.29 is 27.4 Å². The second kappa shape index (κ2) is 9.64. The highest BCUT2D eigenvalue weighted by atomic mass is 19.4. The third kappa shape index (κ3) is 5.02. The fraction of sp³-hybridized carbons (Fsp3) is 0.269. The Hall–Kier alpha value is -4.28. The van der Waals surface area contributed by atoms with Gasteiger partial charge in [-0.25, -0.2) is 14.8 Å². The summed E-state index contributed by atoms with van der Waals surface area (Å²) in [7, 11) is 0. The van der Waals surface area contributed by atoms with Crippen molar-refractivity contribution in [2.45, 2.75) is 44.5 Å². The predicted molar refractivity (Wildman–Crippen MR) is 132 cm³/mol. The van der Waals surface area contributed by atoms with Crippen molar-refractivity contribution in [3.05, 3.63) is 60.9 Å². The number of carbonyl (C=O) groups is 1. The first-order chi connectivity index (χ1) is 17.7. The maximum absolute atomic E-state index is 12.7. The molecule has 5 rings (SSSR count). The Labute approximate surface area is 210 Å². The van der Waals surface area contributed by atoms with Crippen molar-refractivity contribution in [1.29, 1.82) is 0 Å². The summed E-state index contributed by atoms with van der Waals surface area (Å²) in [6.45, 7) is 0.772. The van der Waals surface area contributed by atoms with Crippen LogP contribution in [0.15, 0.2) is 60.9 Å². The van der Waals surface area contributed by atoms with Crippen LogP contribution in [0.4, 0.5) is 29.3 Å². The molecule has 0 radical (unpaired) electrons. The topological polar surface area (TPSA) is 104 Å². The van der Waals surface area contributed by atoms with Crippen LogP contribution in [-0.4, -0.2) is 32.9 Å². The molecule has 2 aromatic carbocycles. The van der Waals surface area contributed by atoms with Gasteiger partial charge in [0.1, 0.15) is 5.75 Å². The lowest BCUT2D eigenvalue weighted by atomic mass is 9.92. The summed E-state index contributed by atoms with van der Waals surface area (Å²) in [5.74, 6) is 0.578. The zero-order valence-corrected chi connectivity index (χ0v) is 19.8. The number of benzene rings is 2. The van der Waals surface area contributed by atoms with Gasteiger partial charge in [-0.15, -0.1) is 0 Å². The molecule has 1 aliphatic carbocycles. The summed E-state index contributed by atoms with van der Waals surface area (Å²) in [6, 6.07) is 14.5. The molecule has 0 spiro atoms. The second-order valence-electron chi connectivity index (χ2n) is 8.82. The Balaban J connectivity index is 1.44. The number of nitrogen functional groups attached to an aromatic ring is 1. The van der Waals surface area contributed by atoms with E-state index < -0.39 is 18.4 Å². The minimum atomic E-state index is -4.63. The van der Waals surface area contributed by atoms with Crippen molar-refractivity contribution in [3.63, 3.8) is 0 Å². The Kier molecular flexibility index (Phi) is 6.36.